The third-order valence-electron chi connectivity index (χ3n) is 6.37. The van der Waals surface area contributed by atoms with E-state index in [1.165, 1.54) is 30.2 Å². The van der Waals surface area contributed by atoms with Gasteiger partial charge in [0.05, 0.1) is 18.9 Å². The van der Waals surface area contributed by atoms with E-state index in [9.17, 15) is 14.0 Å². The minimum Gasteiger partial charge on any atom is -0.494 e. The fourth-order valence-corrected chi connectivity index (χ4v) is 3.80. The number of hydrogen-bond donors (Lipinski definition) is 3. The molecule has 1 atom stereocenters. The number of nitrogens with zero attached hydrogens (tertiary/aromatic N) is 4. The Hall–Kier alpha value is -4.17. The number of halogens is 1. The summed E-state index contributed by atoms with van der Waals surface area (Å²) in [4.78, 5) is 37.0. The van der Waals surface area contributed by atoms with Crippen molar-refractivity contribution in [1.82, 2.24) is 25.1 Å². The Kier molecular flexibility index (Phi) is 10.2. The first-order valence-electron chi connectivity index (χ1n) is 12.7. The first kappa shape index (κ1) is 29.4. The maximum absolute atomic E-state index is 14.0. The smallest absolute Gasteiger partial charge is 0.246 e. The average Bonchev–Trinajstić information content (AvgIpc) is 2.89. The van der Waals surface area contributed by atoms with Crippen LogP contribution in [-0.2, 0) is 9.59 Å². The molecule has 0 radical (unpaired) electrons. The predicted molar refractivity (Wildman–Crippen MR) is 149 cm³/mol. The van der Waals surface area contributed by atoms with Crippen molar-refractivity contribution < 1.29 is 18.7 Å². The van der Waals surface area contributed by atoms with Crippen molar-refractivity contribution >= 4 is 29.3 Å². The van der Waals surface area contributed by atoms with E-state index in [4.69, 9.17) is 4.74 Å². The fraction of sp³-hybridized carbons (Fsp3) is 0.429. The van der Waals surface area contributed by atoms with Crippen molar-refractivity contribution in [2.45, 2.75) is 31.8 Å². The Labute approximate surface area is 229 Å². The quantitative estimate of drug-likeness (QED) is 0.313. The summed E-state index contributed by atoms with van der Waals surface area (Å²) in [5.74, 6) is 6.58. The summed E-state index contributed by atoms with van der Waals surface area (Å²) < 4.78 is 18.9. The first-order valence-corrected chi connectivity index (χ1v) is 12.7. The van der Waals surface area contributed by atoms with Gasteiger partial charge in [-0.25, -0.2) is 9.37 Å². The molecule has 1 aliphatic rings. The van der Waals surface area contributed by atoms with Gasteiger partial charge in [0.2, 0.25) is 17.8 Å². The van der Waals surface area contributed by atoms with Crippen LogP contribution in [0.2, 0.25) is 0 Å². The number of ether oxygens (including phenoxy) is 1. The second-order valence-electron chi connectivity index (χ2n) is 9.61. The summed E-state index contributed by atoms with van der Waals surface area (Å²) in [7, 11) is 8.60. The Morgan fingerprint density at radius 1 is 1.28 bits per heavy atom. The van der Waals surface area contributed by atoms with Crippen LogP contribution in [0.25, 0.3) is 0 Å². The minimum absolute atomic E-state index is 0.0172. The molecule has 208 valence electrons. The van der Waals surface area contributed by atoms with E-state index in [-0.39, 0.29) is 29.5 Å². The maximum Gasteiger partial charge on any atom is 0.246 e. The number of anilines is 3. The van der Waals surface area contributed by atoms with Gasteiger partial charge in [0.15, 0.2) is 11.6 Å². The number of likely N-dealkylation sites (N-methyl/N-ethyl adjacent to an activating group) is 2. The molecule has 3 N–H and O–H groups in total. The van der Waals surface area contributed by atoms with Gasteiger partial charge >= 0.3 is 0 Å². The zero-order valence-corrected chi connectivity index (χ0v) is 23.2. The topological polar surface area (TPSA) is 112 Å². The van der Waals surface area contributed by atoms with Gasteiger partial charge in [0.1, 0.15) is 11.9 Å². The molecule has 1 saturated carbocycles. The zero-order valence-electron chi connectivity index (χ0n) is 23.2. The summed E-state index contributed by atoms with van der Waals surface area (Å²) in [5.41, 5.74) is 1.12. The van der Waals surface area contributed by atoms with Crippen LogP contribution in [0.5, 0.6) is 5.75 Å². The van der Waals surface area contributed by atoms with Crippen molar-refractivity contribution in [3.63, 3.8) is 0 Å². The summed E-state index contributed by atoms with van der Waals surface area (Å²) >= 11 is 0. The number of rotatable bonds is 10. The summed E-state index contributed by atoms with van der Waals surface area (Å²) in [6.45, 7) is 2.37. The van der Waals surface area contributed by atoms with Gasteiger partial charge in [0, 0.05) is 50.4 Å². The molecule has 1 unspecified atom stereocenters. The molecule has 1 aromatic carbocycles. The van der Waals surface area contributed by atoms with E-state index in [2.05, 4.69) is 37.8 Å². The van der Waals surface area contributed by atoms with Crippen molar-refractivity contribution in [2.24, 2.45) is 5.92 Å². The number of amides is 2. The van der Waals surface area contributed by atoms with E-state index in [1.807, 2.05) is 19.0 Å². The molecule has 1 aromatic heterocycles. The summed E-state index contributed by atoms with van der Waals surface area (Å²) in [6.07, 6.45) is 6.32. The monoisotopic (exact) mass is 537 g/mol. The van der Waals surface area contributed by atoms with Crippen LogP contribution in [0.4, 0.5) is 21.8 Å². The van der Waals surface area contributed by atoms with Gasteiger partial charge in [-0.15, -0.1) is 0 Å². The van der Waals surface area contributed by atoms with Gasteiger partial charge in [-0.2, -0.15) is 4.98 Å². The van der Waals surface area contributed by atoms with E-state index >= 15 is 0 Å². The van der Waals surface area contributed by atoms with E-state index < -0.39 is 11.9 Å². The van der Waals surface area contributed by atoms with Crippen LogP contribution in [0.1, 0.15) is 25.3 Å². The van der Waals surface area contributed by atoms with Crippen LogP contribution < -0.4 is 20.7 Å². The fourth-order valence-electron chi connectivity index (χ4n) is 3.80. The van der Waals surface area contributed by atoms with Crippen LogP contribution >= 0.6 is 0 Å². The first-order chi connectivity index (χ1) is 18.6. The number of carbonyl (C=O) groups excluding carboxylic acids is 2. The zero-order chi connectivity index (χ0) is 28.5. The number of benzene rings is 1. The number of nitrogens with one attached hydrogen (secondary N) is 3. The van der Waals surface area contributed by atoms with Gasteiger partial charge in [-0.05, 0) is 46.0 Å². The molecule has 11 heteroatoms. The van der Waals surface area contributed by atoms with Crippen molar-refractivity contribution in [3.05, 3.63) is 47.9 Å². The van der Waals surface area contributed by atoms with Crippen molar-refractivity contribution in [3.8, 4) is 17.6 Å². The van der Waals surface area contributed by atoms with Gasteiger partial charge < -0.3 is 30.5 Å². The molecule has 2 amide bonds. The van der Waals surface area contributed by atoms with Crippen LogP contribution in [0.3, 0.4) is 0 Å². The molecule has 1 heterocycles. The highest BCUT2D eigenvalue weighted by Gasteiger charge is 2.31. The van der Waals surface area contributed by atoms with Crippen LogP contribution in [0, 0.1) is 23.6 Å². The van der Waals surface area contributed by atoms with Gasteiger partial charge in [0.25, 0.3) is 0 Å². The lowest BCUT2D eigenvalue weighted by molar-refractivity contribution is -0.135. The normalized spacial score (nSPS) is 17.0. The molecule has 0 bridgehead atoms. The Morgan fingerprint density at radius 3 is 2.67 bits per heavy atom. The Balaban J connectivity index is 1.51. The van der Waals surface area contributed by atoms with Crippen molar-refractivity contribution in [2.75, 3.05) is 52.5 Å². The second kappa shape index (κ2) is 13.6. The van der Waals surface area contributed by atoms with Crippen LogP contribution in [0.15, 0.2) is 36.5 Å². The number of hydrogen-bond acceptors (Lipinski definition) is 8. The lowest BCUT2D eigenvalue weighted by atomic mass is 9.80. The number of methoxy groups -OCH3 is 1. The molecule has 10 nitrogen and oxygen atoms in total. The summed E-state index contributed by atoms with van der Waals surface area (Å²) in [6, 6.07) is 3.94. The largest absolute Gasteiger partial charge is 0.494 e. The molecular weight excluding hydrogens is 501 g/mol. The Morgan fingerprint density at radius 2 is 2.03 bits per heavy atom. The number of aromatic nitrogens is 2. The highest BCUT2D eigenvalue weighted by atomic mass is 19.1. The van der Waals surface area contributed by atoms with Gasteiger partial charge in [-0.1, -0.05) is 17.9 Å². The standard InChI is InChI=1S/C28H36FN7O3/c1-18(36(5)25(37)8-7-13-35(3)4)27(38)32-22-14-19(15-22)9-10-20-17-31-28(34-26(20)30-2)33-21-11-12-24(39-6)23(29)16-21/h7-8,11-12,16-19,22H,13-15H2,1-6H3,(H,32,38)(H2,30,31,33,34). The van der Waals surface area contributed by atoms with E-state index in [0.717, 1.165) is 12.8 Å². The van der Waals surface area contributed by atoms with Crippen LogP contribution in [-0.4, -0.2) is 85.5 Å². The molecular formula is C28H36FN7O3. The Bertz CT molecular complexity index is 1270. The predicted octanol–water partition coefficient (Wildman–Crippen LogP) is 2.62. The average molecular weight is 538 g/mol. The SMILES string of the molecule is CNc1nc(Nc2ccc(OC)c(F)c2)ncc1C#CC1CC(NC(=O)C(C)N(C)C(=O)C=CCN(C)C)C1. The molecule has 2 aromatic rings. The van der Waals surface area contributed by atoms with Gasteiger partial charge in [-0.3, -0.25) is 9.59 Å². The van der Waals surface area contributed by atoms with E-state index in [1.54, 1.807) is 39.4 Å². The third-order valence-corrected chi connectivity index (χ3v) is 6.37. The summed E-state index contributed by atoms with van der Waals surface area (Å²) in [5, 5.41) is 8.99. The molecule has 3 rings (SSSR count). The lowest BCUT2D eigenvalue weighted by Crippen LogP contribution is -2.51. The lowest BCUT2D eigenvalue weighted by Gasteiger charge is -2.34. The third kappa shape index (κ3) is 8.15. The molecule has 39 heavy (non-hydrogen) atoms. The molecule has 1 fully saturated rings. The highest BCUT2D eigenvalue weighted by Crippen LogP contribution is 2.27. The van der Waals surface area contributed by atoms with Crippen molar-refractivity contribution in [1.29, 1.82) is 0 Å². The highest BCUT2D eigenvalue weighted by molar-refractivity contribution is 5.92. The molecule has 0 spiro atoms. The molecule has 0 saturated heterocycles. The number of carbonyl (C=O) groups is 2. The second-order valence-corrected chi connectivity index (χ2v) is 9.61. The molecule has 1 aliphatic carbocycles. The maximum atomic E-state index is 14.0. The molecule has 0 aliphatic heterocycles. The van der Waals surface area contributed by atoms with E-state index in [0.29, 0.717) is 29.6 Å². The minimum atomic E-state index is -0.580.